The van der Waals surface area contributed by atoms with E-state index in [2.05, 4.69) is 15.3 Å². The Morgan fingerprint density at radius 1 is 1.32 bits per heavy atom. The predicted octanol–water partition coefficient (Wildman–Crippen LogP) is 3.47. The van der Waals surface area contributed by atoms with Crippen molar-refractivity contribution in [1.29, 1.82) is 0 Å². The second kappa shape index (κ2) is 7.37. The highest BCUT2D eigenvalue weighted by Gasteiger charge is 2.15. The third-order valence-electron chi connectivity index (χ3n) is 3.49. The first kappa shape index (κ1) is 17.6. The number of amides is 1. The van der Waals surface area contributed by atoms with Crippen LogP contribution in [-0.2, 0) is 4.79 Å². The fraction of sp³-hybridized carbons (Fsp3) is 0.294. The van der Waals surface area contributed by atoms with Crippen LogP contribution in [0.25, 0.3) is 10.9 Å². The molecule has 0 atom stereocenters. The number of carbonyl (C=O) groups excluding carboxylic acids is 1. The molecule has 0 unspecified atom stereocenters. The highest BCUT2D eigenvalue weighted by Crippen LogP contribution is 2.21. The Labute approximate surface area is 153 Å². The Hall–Kier alpha value is -2.19. The number of thiazole rings is 1. The number of nitrogens with one attached hydrogen (secondary N) is 1. The van der Waals surface area contributed by atoms with E-state index >= 15 is 0 Å². The lowest BCUT2D eigenvalue weighted by Gasteiger charge is -2.15. The molecule has 2 aromatic heterocycles. The summed E-state index contributed by atoms with van der Waals surface area (Å²) in [6, 6.07) is 7.21. The predicted molar refractivity (Wildman–Crippen MR) is 103 cm³/mol. The van der Waals surface area contributed by atoms with E-state index in [-0.39, 0.29) is 23.3 Å². The molecule has 1 aromatic carbocycles. The van der Waals surface area contributed by atoms with E-state index in [1.54, 1.807) is 10.6 Å². The molecule has 3 rings (SSSR count). The molecule has 6 nitrogen and oxygen atoms in total. The van der Waals surface area contributed by atoms with Gasteiger partial charge in [0.15, 0.2) is 10.3 Å². The highest BCUT2D eigenvalue weighted by molar-refractivity contribution is 7.99. The smallest absolute Gasteiger partial charge is 0.262 e. The highest BCUT2D eigenvalue weighted by atomic mass is 32.2. The second-order valence-corrected chi connectivity index (χ2v) is 7.61. The molecule has 0 aliphatic carbocycles. The quantitative estimate of drug-likeness (QED) is 0.546. The summed E-state index contributed by atoms with van der Waals surface area (Å²) in [4.78, 5) is 33.7. The molecule has 0 spiro atoms. The molecule has 25 heavy (non-hydrogen) atoms. The summed E-state index contributed by atoms with van der Waals surface area (Å²) < 4.78 is 1.63. The van der Waals surface area contributed by atoms with Gasteiger partial charge in [0.05, 0.1) is 22.3 Å². The van der Waals surface area contributed by atoms with Crippen molar-refractivity contribution in [1.82, 2.24) is 14.5 Å². The monoisotopic (exact) mass is 374 g/mol. The summed E-state index contributed by atoms with van der Waals surface area (Å²) in [5, 5.41) is 6.36. The summed E-state index contributed by atoms with van der Waals surface area (Å²) in [5.74, 6) is -0.00656. The van der Waals surface area contributed by atoms with Crippen LogP contribution in [0.4, 0.5) is 5.13 Å². The molecule has 0 radical (unpaired) electrons. The summed E-state index contributed by atoms with van der Waals surface area (Å²) in [5.41, 5.74) is 1.43. The van der Waals surface area contributed by atoms with Crippen LogP contribution < -0.4 is 10.9 Å². The van der Waals surface area contributed by atoms with Crippen LogP contribution in [0.15, 0.2) is 39.6 Å². The first-order valence-electron chi connectivity index (χ1n) is 7.81. The number of carbonyl (C=O) groups is 1. The summed E-state index contributed by atoms with van der Waals surface area (Å²) >= 11 is 2.64. The Kier molecular flexibility index (Phi) is 5.19. The largest absolute Gasteiger partial charge is 0.301 e. The van der Waals surface area contributed by atoms with E-state index in [1.165, 1.54) is 23.1 Å². The number of hydrogen-bond donors (Lipinski definition) is 1. The number of para-hydroxylation sites is 1. The van der Waals surface area contributed by atoms with E-state index in [4.69, 9.17) is 0 Å². The van der Waals surface area contributed by atoms with Gasteiger partial charge in [-0.05, 0) is 32.9 Å². The maximum Gasteiger partial charge on any atom is 0.262 e. The Bertz CT molecular complexity index is 978. The van der Waals surface area contributed by atoms with Crippen molar-refractivity contribution in [2.24, 2.45) is 0 Å². The average Bonchev–Trinajstić information content (AvgIpc) is 2.97. The maximum atomic E-state index is 12.7. The number of benzene rings is 1. The third kappa shape index (κ3) is 3.91. The fourth-order valence-electron chi connectivity index (χ4n) is 2.38. The van der Waals surface area contributed by atoms with Gasteiger partial charge in [0.2, 0.25) is 5.91 Å². The SMILES string of the molecule is Cc1csc(NC(=O)CSc2nc3ccccc3c(=O)n2C(C)C)n1. The van der Waals surface area contributed by atoms with Crippen LogP contribution in [-0.4, -0.2) is 26.2 Å². The van der Waals surface area contributed by atoms with Crippen LogP contribution >= 0.6 is 23.1 Å². The van der Waals surface area contributed by atoms with E-state index in [1.807, 2.05) is 44.4 Å². The number of anilines is 1. The van der Waals surface area contributed by atoms with Crippen LogP contribution in [0.5, 0.6) is 0 Å². The standard InChI is InChI=1S/C17H18N4O2S2/c1-10(2)21-15(23)12-6-4-5-7-13(12)19-17(21)25-9-14(22)20-16-18-11(3)8-24-16/h4-8,10H,9H2,1-3H3,(H,18,20,22). The number of aryl methyl sites for hydroxylation is 1. The van der Waals surface area contributed by atoms with Gasteiger partial charge in [0.1, 0.15) is 0 Å². The van der Waals surface area contributed by atoms with Crippen LogP contribution in [0.2, 0.25) is 0 Å². The first-order valence-corrected chi connectivity index (χ1v) is 9.68. The molecule has 0 bridgehead atoms. The van der Waals surface area contributed by atoms with Gasteiger partial charge in [0.25, 0.3) is 5.56 Å². The Balaban J connectivity index is 1.84. The topological polar surface area (TPSA) is 76.9 Å². The number of aromatic nitrogens is 3. The van der Waals surface area contributed by atoms with Crippen molar-refractivity contribution in [3.63, 3.8) is 0 Å². The second-order valence-electron chi connectivity index (χ2n) is 5.81. The van der Waals surface area contributed by atoms with Gasteiger partial charge in [-0.3, -0.25) is 14.2 Å². The molecule has 1 N–H and O–H groups in total. The van der Waals surface area contributed by atoms with E-state index in [0.717, 1.165) is 5.69 Å². The lowest BCUT2D eigenvalue weighted by atomic mass is 10.2. The summed E-state index contributed by atoms with van der Waals surface area (Å²) in [6.45, 7) is 5.74. The van der Waals surface area contributed by atoms with Crippen molar-refractivity contribution >= 4 is 45.0 Å². The fourth-order valence-corrected chi connectivity index (χ4v) is 4.01. The van der Waals surface area contributed by atoms with E-state index < -0.39 is 0 Å². The minimum Gasteiger partial charge on any atom is -0.301 e. The molecule has 0 aliphatic rings. The van der Waals surface area contributed by atoms with Gasteiger partial charge >= 0.3 is 0 Å². The molecule has 3 aromatic rings. The van der Waals surface area contributed by atoms with Gasteiger partial charge in [0, 0.05) is 11.4 Å². The lowest BCUT2D eigenvalue weighted by molar-refractivity contribution is -0.113. The summed E-state index contributed by atoms with van der Waals surface area (Å²) in [7, 11) is 0. The van der Waals surface area contributed by atoms with Crippen molar-refractivity contribution in [2.75, 3.05) is 11.1 Å². The molecule has 2 heterocycles. The molecule has 0 saturated heterocycles. The molecule has 130 valence electrons. The van der Waals surface area contributed by atoms with Crippen molar-refractivity contribution in [2.45, 2.75) is 32.0 Å². The minimum atomic E-state index is -0.169. The van der Waals surface area contributed by atoms with Gasteiger partial charge in [-0.25, -0.2) is 9.97 Å². The van der Waals surface area contributed by atoms with Crippen LogP contribution in [0.3, 0.4) is 0 Å². The normalized spacial score (nSPS) is 11.2. The van der Waals surface area contributed by atoms with Gasteiger partial charge < -0.3 is 5.32 Å². The molecule has 1 amide bonds. The Morgan fingerprint density at radius 3 is 2.76 bits per heavy atom. The van der Waals surface area contributed by atoms with Gasteiger partial charge in [-0.1, -0.05) is 23.9 Å². The zero-order chi connectivity index (χ0) is 18.0. The number of hydrogen-bond acceptors (Lipinski definition) is 6. The van der Waals surface area contributed by atoms with E-state index in [0.29, 0.717) is 21.2 Å². The molecular weight excluding hydrogens is 356 g/mol. The first-order chi connectivity index (χ1) is 12.0. The minimum absolute atomic E-state index is 0.0446. The zero-order valence-corrected chi connectivity index (χ0v) is 15.8. The number of nitrogens with zero attached hydrogens (tertiary/aromatic N) is 3. The number of rotatable bonds is 5. The summed E-state index contributed by atoms with van der Waals surface area (Å²) in [6.07, 6.45) is 0. The molecule has 8 heteroatoms. The molecule has 0 aliphatic heterocycles. The zero-order valence-electron chi connectivity index (χ0n) is 14.1. The molecule has 0 fully saturated rings. The van der Waals surface area contributed by atoms with Crippen molar-refractivity contribution < 1.29 is 4.79 Å². The maximum absolute atomic E-state index is 12.7. The van der Waals surface area contributed by atoms with Gasteiger partial charge in [-0.15, -0.1) is 11.3 Å². The van der Waals surface area contributed by atoms with Crippen LogP contribution in [0.1, 0.15) is 25.6 Å². The molecule has 0 saturated carbocycles. The third-order valence-corrected chi connectivity index (χ3v) is 5.32. The van der Waals surface area contributed by atoms with Crippen molar-refractivity contribution in [3.05, 3.63) is 45.7 Å². The van der Waals surface area contributed by atoms with Crippen LogP contribution in [0, 0.1) is 6.92 Å². The molecular formula is C17H18N4O2S2. The lowest BCUT2D eigenvalue weighted by Crippen LogP contribution is -2.25. The Morgan fingerprint density at radius 2 is 2.08 bits per heavy atom. The number of thioether (sulfide) groups is 1. The number of fused-ring (bicyclic) bond motifs is 1. The van der Waals surface area contributed by atoms with E-state index in [9.17, 15) is 9.59 Å². The van der Waals surface area contributed by atoms with Crippen molar-refractivity contribution in [3.8, 4) is 0 Å². The van der Waals surface area contributed by atoms with Gasteiger partial charge in [-0.2, -0.15) is 0 Å². The average molecular weight is 374 g/mol.